The summed E-state index contributed by atoms with van der Waals surface area (Å²) in [6.07, 6.45) is 4.51. The van der Waals surface area contributed by atoms with Gasteiger partial charge >= 0.3 is 5.97 Å². The molecule has 0 aliphatic carbocycles. The van der Waals surface area contributed by atoms with E-state index in [1.807, 2.05) is 30.3 Å². The average molecular weight is 390 g/mol. The maximum absolute atomic E-state index is 12.8. The van der Waals surface area contributed by atoms with E-state index in [1.165, 1.54) is 24.3 Å². The van der Waals surface area contributed by atoms with Crippen LogP contribution in [0.1, 0.15) is 42.4 Å². The Morgan fingerprint density at radius 2 is 1.79 bits per heavy atom. The van der Waals surface area contributed by atoms with Crippen LogP contribution in [0.2, 0.25) is 0 Å². The van der Waals surface area contributed by atoms with Crippen molar-refractivity contribution < 1.29 is 19.4 Å². The summed E-state index contributed by atoms with van der Waals surface area (Å²) in [5, 5.41) is 14.5. The Balaban J connectivity index is 1.82. The smallest absolute Gasteiger partial charge is 0.331 e. The fourth-order valence-corrected chi connectivity index (χ4v) is 2.65. The van der Waals surface area contributed by atoms with Crippen LogP contribution in [0.5, 0.6) is 5.75 Å². The lowest BCUT2D eigenvalue weighted by Crippen LogP contribution is -2.22. The van der Waals surface area contributed by atoms with E-state index in [1.54, 1.807) is 43.8 Å². The summed E-state index contributed by atoms with van der Waals surface area (Å²) in [5.74, 6) is -1.05. The summed E-state index contributed by atoms with van der Waals surface area (Å²) in [7, 11) is 0. The van der Waals surface area contributed by atoms with E-state index < -0.39 is 17.4 Å². The minimum atomic E-state index is -0.588. The van der Waals surface area contributed by atoms with E-state index in [4.69, 9.17) is 4.74 Å². The van der Waals surface area contributed by atoms with Crippen LogP contribution in [0, 0.1) is 0 Å². The number of benzene rings is 2. The van der Waals surface area contributed by atoms with Gasteiger partial charge in [0.05, 0.1) is 11.3 Å². The standard InChI is InChI=1S/C23H22N2O4/c1-23(2,3)29-21(27)12-10-16-9-11-20(26)18(15-16)22(28)19-13-14-25(24-19)17-7-5-4-6-8-17/h4-15,26H,1-3H3/b12-10+. The molecule has 1 aromatic heterocycles. The molecular formula is C23H22N2O4. The van der Waals surface area contributed by atoms with E-state index in [2.05, 4.69) is 5.10 Å². The number of carbonyl (C=O) groups is 2. The first-order valence-corrected chi connectivity index (χ1v) is 9.13. The van der Waals surface area contributed by atoms with Gasteiger partial charge in [0, 0.05) is 12.3 Å². The Bertz CT molecular complexity index is 1060. The molecule has 0 spiro atoms. The van der Waals surface area contributed by atoms with Crippen LogP contribution in [0.25, 0.3) is 11.8 Å². The quantitative estimate of drug-likeness (QED) is 0.402. The second-order valence-electron chi connectivity index (χ2n) is 7.45. The molecule has 0 atom stereocenters. The van der Waals surface area contributed by atoms with Crippen LogP contribution >= 0.6 is 0 Å². The molecule has 0 aliphatic heterocycles. The van der Waals surface area contributed by atoms with Crippen molar-refractivity contribution in [1.29, 1.82) is 0 Å². The number of phenolic OH excluding ortho intramolecular Hbond substituents is 1. The number of phenols is 1. The normalized spacial score (nSPS) is 11.6. The first-order chi connectivity index (χ1) is 13.7. The minimum Gasteiger partial charge on any atom is -0.507 e. The molecule has 0 unspecified atom stereocenters. The average Bonchev–Trinajstić information content (AvgIpc) is 3.16. The predicted octanol–water partition coefficient (Wildman–Crippen LogP) is 4.16. The van der Waals surface area contributed by atoms with Crippen molar-refractivity contribution in [3.05, 3.63) is 83.7 Å². The number of esters is 1. The van der Waals surface area contributed by atoms with Crippen LogP contribution in [0.4, 0.5) is 0 Å². The first-order valence-electron chi connectivity index (χ1n) is 9.13. The SMILES string of the molecule is CC(C)(C)OC(=O)/C=C/c1ccc(O)c(C(=O)c2ccn(-c3ccccc3)n2)c1. The number of rotatable bonds is 5. The van der Waals surface area contributed by atoms with Gasteiger partial charge < -0.3 is 9.84 Å². The zero-order chi connectivity index (χ0) is 21.0. The first kappa shape index (κ1) is 20.1. The van der Waals surface area contributed by atoms with E-state index in [-0.39, 0.29) is 17.0 Å². The monoisotopic (exact) mass is 390 g/mol. The number of para-hydroxylation sites is 1. The Hall–Kier alpha value is -3.67. The third-order valence-corrected chi connectivity index (χ3v) is 3.93. The molecule has 1 N–H and O–H groups in total. The Labute approximate surface area is 169 Å². The molecule has 6 heteroatoms. The third kappa shape index (κ3) is 5.19. The van der Waals surface area contributed by atoms with Crippen LogP contribution in [0.3, 0.4) is 0 Å². The Kier molecular flexibility index (Phi) is 5.64. The molecule has 0 saturated carbocycles. The summed E-state index contributed by atoms with van der Waals surface area (Å²) >= 11 is 0. The number of aromatic hydroxyl groups is 1. The summed E-state index contributed by atoms with van der Waals surface area (Å²) in [5.41, 5.74) is 1.13. The maximum Gasteiger partial charge on any atom is 0.331 e. The van der Waals surface area contributed by atoms with E-state index in [9.17, 15) is 14.7 Å². The van der Waals surface area contributed by atoms with Gasteiger partial charge in [-0.2, -0.15) is 5.10 Å². The molecule has 0 aliphatic rings. The molecule has 6 nitrogen and oxygen atoms in total. The highest BCUT2D eigenvalue weighted by Gasteiger charge is 2.17. The maximum atomic E-state index is 12.8. The third-order valence-electron chi connectivity index (χ3n) is 3.93. The molecule has 0 amide bonds. The van der Waals surface area contributed by atoms with Gasteiger partial charge in [-0.1, -0.05) is 24.3 Å². The predicted molar refractivity (Wildman–Crippen MR) is 110 cm³/mol. The number of hydrogen-bond acceptors (Lipinski definition) is 5. The van der Waals surface area contributed by atoms with Gasteiger partial charge in [-0.05, 0) is 62.7 Å². The Morgan fingerprint density at radius 1 is 1.07 bits per heavy atom. The van der Waals surface area contributed by atoms with Crippen molar-refractivity contribution in [3.63, 3.8) is 0 Å². The molecule has 2 aromatic carbocycles. The van der Waals surface area contributed by atoms with Crippen molar-refractivity contribution >= 4 is 17.8 Å². The summed E-state index contributed by atoms with van der Waals surface area (Å²) < 4.78 is 6.81. The van der Waals surface area contributed by atoms with Gasteiger partial charge in [-0.25, -0.2) is 9.48 Å². The molecule has 0 fully saturated rings. The largest absolute Gasteiger partial charge is 0.507 e. The van der Waals surface area contributed by atoms with Crippen molar-refractivity contribution in [2.45, 2.75) is 26.4 Å². The lowest BCUT2D eigenvalue weighted by atomic mass is 10.0. The van der Waals surface area contributed by atoms with Gasteiger partial charge in [0.2, 0.25) is 5.78 Å². The number of nitrogens with zero attached hydrogens (tertiary/aromatic N) is 2. The highest BCUT2D eigenvalue weighted by molar-refractivity contribution is 6.09. The van der Waals surface area contributed by atoms with Gasteiger partial charge in [0.15, 0.2) is 0 Å². The number of hydrogen-bond donors (Lipinski definition) is 1. The van der Waals surface area contributed by atoms with Crippen LogP contribution < -0.4 is 0 Å². The molecule has 29 heavy (non-hydrogen) atoms. The lowest BCUT2D eigenvalue weighted by Gasteiger charge is -2.17. The zero-order valence-electron chi connectivity index (χ0n) is 16.5. The number of ether oxygens (including phenoxy) is 1. The van der Waals surface area contributed by atoms with Crippen LogP contribution in [-0.2, 0) is 9.53 Å². The van der Waals surface area contributed by atoms with Crippen molar-refractivity contribution in [2.24, 2.45) is 0 Å². The molecular weight excluding hydrogens is 368 g/mol. The number of ketones is 1. The molecule has 1 heterocycles. The summed E-state index contributed by atoms with van der Waals surface area (Å²) in [6.45, 7) is 5.35. The van der Waals surface area contributed by atoms with Gasteiger partial charge in [0.25, 0.3) is 0 Å². The zero-order valence-corrected chi connectivity index (χ0v) is 16.5. The highest BCUT2D eigenvalue weighted by atomic mass is 16.6. The topological polar surface area (TPSA) is 81.4 Å². The molecule has 148 valence electrons. The molecule has 0 bridgehead atoms. The fourth-order valence-electron chi connectivity index (χ4n) is 2.65. The van der Waals surface area contributed by atoms with E-state index in [0.29, 0.717) is 5.56 Å². The molecule has 3 aromatic rings. The summed E-state index contributed by atoms with van der Waals surface area (Å²) in [6, 6.07) is 15.5. The number of aromatic nitrogens is 2. The molecule has 3 rings (SSSR count). The second kappa shape index (κ2) is 8.14. The Morgan fingerprint density at radius 3 is 2.48 bits per heavy atom. The fraction of sp³-hybridized carbons (Fsp3) is 0.174. The molecule has 0 saturated heterocycles. The van der Waals surface area contributed by atoms with Crippen LogP contribution in [-0.4, -0.2) is 32.2 Å². The minimum absolute atomic E-state index is 0.106. The number of carbonyl (C=O) groups excluding carboxylic acids is 2. The summed E-state index contributed by atoms with van der Waals surface area (Å²) in [4.78, 5) is 24.7. The van der Waals surface area contributed by atoms with Gasteiger partial charge in [-0.15, -0.1) is 0 Å². The molecule has 0 radical (unpaired) electrons. The van der Waals surface area contributed by atoms with Crippen molar-refractivity contribution in [3.8, 4) is 11.4 Å². The highest BCUT2D eigenvalue weighted by Crippen LogP contribution is 2.23. The van der Waals surface area contributed by atoms with E-state index in [0.717, 1.165) is 5.69 Å². The lowest BCUT2D eigenvalue weighted by molar-refractivity contribution is -0.148. The van der Waals surface area contributed by atoms with Gasteiger partial charge in [-0.3, -0.25) is 4.79 Å². The van der Waals surface area contributed by atoms with Crippen molar-refractivity contribution in [2.75, 3.05) is 0 Å². The van der Waals surface area contributed by atoms with Crippen molar-refractivity contribution in [1.82, 2.24) is 9.78 Å². The van der Waals surface area contributed by atoms with E-state index >= 15 is 0 Å². The second-order valence-corrected chi connectivity index (χ2v) is 7.45. The van der Waals surface area contributed by atoms with Crippen LogP contribution in [0.15, 0.2) is 66.9 Å². The van der Waals surface area contributed by atoms with Gasteiger partial charge in [0.1, 0.15) is 17.0 Å².